The van der Waals surface area contributed by atoms with Crippen molar-refractivity contribution in [2.24, 2.45) is 0 Å². The number of aromatic nitrogens is 3. The summed E-state index contributed by atoms with van der Waals surface area (Å²) in [4.78, 5) is 13.5. The van der Waals surface area contributed by atoms with E-state index in [9.17, 15) is 4.79 Å². The van der Waals surface area contributed by atoms with Gasteiger partial charge in [-0.2, -0.15) is 16.9 Å². The Hall–Kier alpha value is -1.69. The number of hydrogen-bond donors (Lipinski definition) is 2. The van der Waals surface area contributed by atoms with Crippen molar-refractivity contribution in [3.8, 4) is 5.75 Å². The molecule has 19 heavy (non-hydrogen) atoms. The van der Waals surface area contributed by atoms with Crippen LogP contribution in [0.5, 0.6) is 5.75 Å². The van der Waals surface area contributed by atoms with Gasteiger partial charge in [0.2, 0.25) is 0 Å². The molecule has 1 aromatic carbocycles. The Morgan fingerprint density at radius 1 is 1.37 bits per heavy atom. The number of rotatable bonds is 7. The van der Waals surface area contributed by atoms with E-state index in [0.717, 1.165) is 17.9 Å². The van der Waals surface area contributed by atoms with E-state index in [1.165, 1.54) is 0 Å². The first-order valence-corrected chi connectivity index (χ1v) is 7.32. The minimum absolute atomic E-state index is 0.174. The van der Waals surface area contributed by atoms with Gasteiger partial charge in [0.05, 0.1) is 11.9 Å². The fourth-order valence-electron chi connectivity index (χ4n) is 1.58. The Balaban J connectivity index is 1.64. The molecular formula is C13H17N3O2S. The first-order chi connectivity index (χ1) is 9.24. The van der Waals surface area contributed by atoms with Gasteiger partial charge in [0, 0.05) is 0 Å². The second-order valence-electron chi connectivity index (χ2n) is 4.21. The summed E-state index contributed by atoms with van der Waals surface area (Å²) in [6.07, 6.45) is 1.13. The summed E-state index contributed by atoms with van der Waals surface area (Å²) in [7, 11) is 0. The van der Waals surface area contributed by atoms with Gasteiger partial charge in [0.15, 0.2) is 0 Å². The first-order valence-electron chi connectivity index (χ1n) is 6.17. The van der Waals surface area contributed by atoms with Crippen molar-refractivity contribution in [2.45, 2.75) is 25.2 Å². The van der Waals surface area contributed by atoms with Gasteiger partial charge in [-0.1, -0.05) is 18.2 Å². The van der Waals surface area contributed by atoms with E-state index in [1.54, 1.807) is 11.8 Å². The summed E-state index contributed by atoms with van der Waals surface area (Å²) < 4.78 is 5.78. The number of ether oxygens (including phenoxy) is 1. The second-order valence-corrected chi connectivity index (χ2v) is 5.31. The smallest absolute Gasteiger partial charge is 0.340 e. The van der Waals surface area contributed by atoms with E-state index in [4.69, 9.17) is 4.74 Å². The molecule has 2 rings (SSSR count). The minimum atomic E-state index is -0.253. The minimum Gasteiger partial charge on any atom is -0.491 e. The molecule has 1 atom stereocenters. The molecule has 1 aromatic heterocycles. The van der Waals surface area contributed by atoms with Gasteiger partial charge < -0.3 is 4.74 Å². The van der Waals surface area contributed by atoms with Crippen LogP contribution in [0.25, 0.3) is 0 Å². The predicted octanol–water partition coefficient (Wildman–Crippen LogP) is 2.19. The Kier molecular flexibility index (Phi) is 5.09. The number of aromatic amines is 2. The van der Waals surface area contributed by atoms with E-state index in [-0.39, 0.29) is 11.8 Å². The zero-order valence-corrected chi connectivity index (χ0v) is 11.6. The predicted molar refractivity (Wildman–Crippen MR) is 76.5 cm³/mol. The number of nitrogens with zero attached hydrogens (tertiary/aromatic N) is 1. The number of H-pyrrole nitrogens is 2. The van der Waals surface area contributed by atoms with Crippen molar-refractivity contribution < 1.29 is 4.74 Å². The van der Waals surface area contributed by atoms with Crippen molar-refractivity contribution in [3.63, 3.8) is 0 Å². The van der Waals surface area contributed by atoms with E-state index in [2.05, 4.69) is 22.1 Å². The van der Waals surface area contributed by atoms with Crippen LogP contribution in [0.15, 0.2) is 35.1 Å². The Bertz CT molecular complexity index is 538. The number of para-hydroxylation sites is 1. The Labute approximate surface area is 115 Å². The number of hydrogen-bond acceptors (Lipinski definition) is 4. The zero-order chi connectivity index (χ0) is 13.5. The molecule has 0 spiro atoms. The van der Waals surface area contributed by atoms with Crippen molar-refractivity contribution in [2.75, 3.05) is 5.75 Å². The van der Waals surface area contributed by atoms with E-state index in [0.29, 0.717) is 11.6 Å². The molecule has 0 saturated heterocycles. The third-order valence-corrected chi connectivity index (χ3v) is 3.54. The molecule has 0 fully saturated rings. The summed E-state index contributed by atoms with van der Waals surface area (Å²) >= 11 is 1.73. The number of thioether (sulfide) groups is 1. The molecule has 0 amide bonds. The van der Waals surface area contributed by atoms with Crippen LogP contribution in [0.3, 0.4) is 0 Å². The van der Waals surface area contributed by atoms with Crippen molar-refractivity contribution in [1.82, 2.24) is 15.2 Å². The van der Waals surface area contributed by atoms with Crippen LogP contribution in [0, 0.1) is 0 Å². The van der Waals surface area contributed by atoms with Crippen LogP contribution in [-0.2, 0) is 5.75 Å². The van der Waals surface area contributed by atoms with Gasteiger partial charge in [-0.25, -0.2) is 9.89 Å². The summed E-state index contributed by atoms with van der Waals surface area (Å²) in [6, 6.07) is 9.81. The fourth-order valence-corrected chi connectivity index (χ4v) is 2.55. The SMILES string of the molecule is CC(CCSCc1n[nH]c(=O)[nH]1)Oc1ccccc1. The molecule has 0 saturated carbocycles. The standard InChI is InChI=1S/C13H17N3O2S/c1-10(18-11-5-3-2-4-6-11)7-8-19-9-12-14-13(17)16-15-12/h2-6,10H,7-9H2,1H3,(H2,14,15,16,17). The van der Waals surface area contributed by atoms with Crippen LogP contribution < -0.4 is 10.4 Å². The molecule has 1 unspecified atom stereocenters. The van der Waals surface area contributed by atoms with Crippen molar-refractivity contribution in [1.29, 1.82) is 0 Å². The number of nitrogens with one attached hydrogen (secondary N) is 2. The lowest BCUT2D eigenvalue weighted by molar-refractivity contribution is 0.219. The average molecular weight is 279 g/mol. The van der Waals surface area contributed by atoms with E-state index >= 15 is 0 Å². The van der Waals surface area contributed by atoms with Gasteiger partial charge in [-0.05, 0) is 31.2 Å². The fraction of sp³-hybridized carbons (Fsp3) is 0.385. The normalized spacial score (nSPS) is 12.3. The lowest BCUT2D eigenvalue weighted by Crippen LogP contribution is -2.12. The van der Waals surface area contributed by atoms with Crippen LogP contribution in [-0.4, -0.2) is 27.0 Å². The third-order valence-electron chi connectivity index (χ3n) is 2.54. The maximum Gasteiger partial charge on any atom is 0.340 e. The molecule has 2 aromatic rings. The summed E-state index contributed by atoms with van der Waals surface area (Å²) in [5, 5.41) is 6.21. The third kappa shape index (κ3) is 4.82. The lowest BCUT2D eigenvalue weighted by atomic mass is 10.3. The summed E-state index contributed by atoms with van der Waals surface area (Å²) in [5.74, 6) is 3.25. The Morgan fingerprint density at radius 3 is 2.84 bits per heavy atom. The van der Waals surface area contributed by atoms with Crippen molar-refractivity contribution >= 4 is 11.8 Å². The van der Waals surface area contributed by atoms with E-state index in [1.807, 2.05) is 30.3 Å². The van der Waals surface area contributed by atoms with Gasteiger partial charge in [-0.15, -0.1) is 0 Å². The summed E-state index contributed by atoms with van der Waals surface area (Å²) in [5.41, 5.74) is -0.253. The van der Waals surface area contributed by atoms with Crippen molar-refractivity contribution in [3.05, 3.63) is 46.6 Å². The monoisotopic (exact) mass is 279 g/mol. The van der Waals surface area contributed by atoms with Gasteiger partial charge in [-0.3, -0.25) is 4.98 Å². The van der Waals surface area contributed by atoms with Crippen LogP contribution in [0.2, 0.25) is 0 Å². The quantitative estimate of drug-likeness (QED) is 0.762. The van der Waals surface area contributed by atoms with Crippen LogP contribution in [0.1, 0.15) is 19.2 Å². The molecule has 6 heteroatoms. The molecule has 2 N–H and O–H groups in total. The molecule has 0 radical (unpaired) electrons. The summed E-state index contributed by atoms with van der Waals surface area (Å²) in [6.45, 7) is 2.06. The molecule has 0 aliphatic rings. The molecule has 0 aliphatic carbocycles. The molecule has 0 bridgehead atoms. The second kappa shape index (κ2) is 7.04. The lowest BCUT2D eigenvalue weighted by Gasteiger charge is -2.14. The van der Waals surface area contributed by atoms with Gasteiger partial charge >= 0.3 is 5.69 Å². The largest absolute Gasteiger partial charge is 0.491 e. The Morgan fingerprint density at radius 2 is 2.16 bits per heavy atom. The van der Waals surface area contributed by atoms with Gasteiger partial charge in [0.25, 0.3) is 0 Å². The van der Waals surface area contributed by atoms with Crippen LogP contribution in [0.4, 0.5) is 0 Å². The molecular weight excluding hydrogens is 262 g/mol. The zero-order valence-electron chi connectivity index (χ0n) is 10.8. The topological polar surface area (TPSA) is 70.8 Å². The molecule has 1 heterocycles. The highest BCUT2D eigenvalue weighted by Gasteiger charge is 2.04. The van der Waals surface area contributed by atoms with E-state index < -0.39 is 0 Å². The van der Waals surface area contributed by atoms with Gasteiger partial charge in [0.1, 0.15) is 11.6 Å². The molecule has 102 valence electrons. The highest BCUT2D eigenvalue weighted by molar-refractivity contribution is 7.98. The average Bonchev–Trinajstić information content (AvgIpc) is 2.82. The highest BCUT2D eigenvalue weighted by atomic mass is 32.2. The number of benzene rings is 1. The maximum absolute atomic E-state index is 10.8. The van der Waals surface area contributed by atoms with Crippen LogP contribution >= 0.6 is 11.8 Å². The molecule has 5 nitrogen and oxygen atoms in total. The first kappa shape index (κ1) is 13.7. The molecule has 0 aliphatic heterocycles. The highest BCUT2D eigenvalue weighted by Crippen LogP contribution is 2.15. The maximum atomic E-state index is 10.8.